The third-order valence-corrected chi connectivity index (χ3v) is 3.99. The molecule has 112 valence electrons. The summed E-state index contributed by atoms with van der Waals surface area (Å²) in [6, 6.07) is 14.5. The van der Waals surface area contributed by atoms with Gasteiger partial charge in [0.15, 0.2) is 0 Å². The van der Waals surface area contributed by atoms with Crippen molar-refractivity contribution in [1.82, 2.24) is 5.32 Å². The lowest BCUT2D eigenvalue weighted by atomic mass is 10.2. The molecule has 0 aromatic heterocycles. The first-order valence-electron chi connectivity index (χ1n) is 6.93. The minimum atomic E-state index is 0.424. The smallest absolute Gasteiger partial charge is 0.124 e. The maximum atomic E-state index is 6.08. The Hall–Kier alpha value is -0.780. The van der Waals surface area contributed by atoms with E-state index >= 15 is 0 Å². The highest BCUT2D eigenvalue weighted by Crippen LogP contribution is 2.24. The zero-order valence-corrected chi connectivity index (χ0v) is 15.1. The standard InChI is InChI=1S/C17H19ClINO/c1-12(2)20-10-14-9-15(18)5-8-17(14)21-11-13-3-6-16(19)7-4-13/h3-9,12,20H,10-11H2,1-2H3. The van der Waals surface area contributed by atoms with Crippen LogP contribution < -0.4 is 10.1 Å². The first kappa shape index (κ1) is 16.6. The second-order valence-electron chi connectivity index (χ2n) is 5.20. The van der Waals surface area contributed by atoms with Crippen molar-refractivity contribution in [2.24, 2.45) is 0 Å². The predicted molar refractivity (Wildman–Crippen MR) is 96.9 cm³/mol. The van der Waals surface area contributed by atoms with E-state index in [1.54, 1.807) is 0 Å². The van der Waals surface area contributed by atoms with Crippen LogP contribution in [0.15, 0.2) is 42.5 Å². The first-order valence-corrected chi connectivity index (χ1v) is 8.39. The van der Waals surface area contributed by atoms with Gasteiger partial charge in [-0.15, -0.1) is 0 Å². The highest BCUT2D eigenvalue weighted by molar-refractivity contribution is 14.1. The lowest BCUT2D eigenvalue weighted by molar-refractivity contribution is 0.302. The van der Waals surface area contributed by atoms with E-state index in [0.29, 0.717) is 12.6 Å². The monoisotopic (exact) mass is 415 g/mol. The average Bonchev–Trinajstić information content (AvgIpc) is 2.45. The van der Waals surface area contributed by atoms with Gasteiger partial charge in [-0.1, -0.05) is 37.6 Å². The minimum Gasteiger partial charge on any atom is -0.489 e. The molecule has 1 N–H and O–H groups in total. The van der Waals surface area contributed by atoms with Crippen molar-refractivity contribution in [2.75, 3.05) is 0 Å². The van der Waals surface area contributed by atoms with E-state index in [0.717, 1.165) is 28.4 Å². The summed E-state index contributed by atoms with van der Waals surface area (Å²) in [5.41, 5.74) is 2.25. The Balaban J connectivity index is 2.06. The van der Waals surface area contributed by atoms with Crippen LogP contribution in [-0.4, -0.2) is 6.04 Å². The fourth-order valence-electron chi connectivity index (χ4n) is 1.88. The van der Waals surface area contributed by atoms with Crippen LogP contribution in [0.4, 0.5) is 0 Å². The maximum Gasteiger partial charge on any atom is 0.124 e. The Labute approximate surface area is 145 Å². The normalized spacial score (nSPS) is 10.9. The van der Waals surface area contributed by atoms with Crippen molar-refractivity contribution in [2.45, 2.75) is 33.0 Å². The topological polar surface area (TPSA) is 21.3 Å². The van der Waals surface area contributed by atoms with Gasteiger partial charge in [-0.3, -0.25) is 0 Å². The van der Waals surface area contributed by atoms with Crippen LogP contribution in [0.2, 0.25) is 5.02 Å². The average molecular weight is 416 g/mol. The molecule has 0 bridgehead atoms. The number of rotatable bonds is 6. The molecule has 0 saturated carbocycles. The number of hydrogen-bond donors (Lipinski definition) is 1. The lowest BCUT2D eigenvalue weighted by Crippen LogP contribution is -2.22. The van der Waals surface area contributed by atoms with E-state index in [2.05, 4.69) is 66.0 Å². The largest absolute Gasteiger partial charge is 0.489 e. The molecular weight excluding hydrogens is 397 g/mol. The van der Waals surface area contributed by atoms with E-state index in [4.69, 9.17) is 16.3 Å². The summed E-state index contributed by atoms with van der Waals surface area (Å²) in [6.45, 7) is 5.56. The molecule has 0 aliphatic rings. The van der Waals surface area contributed by atoms with Crippen LogP contribution in [0.25, 0.3) is 0 Å². The van der Waals surface area contributed by atoms with Gasteiger partial charge < -0.3 is 10.1 Å². The molecule has 2 aromatic rings. The van der Waals surface area contributed by atoms with E-state index < -0.39 is 0 Å². The Morgan fingerprint density at radius 2 is 1.86 bits per heavy atom. The summed E-state index contributed by atoms with van der Waals surface area (Å²) in [5.74, 6) is 0.881. The fraction of sp³-hybridized carbons (Fsp3) is 0.294. The zero-order valence-electron chi connectivity index (χ0n) is 12.2. The number of ether oxygens (including phenoxy) is 1. The second-order valence-corrected chi connectivity index (χ2v) is 6.88. The Kier molecular flexibility index (Phi) is 6.33. The third-order valence-electron chi connectivity index (χ3n) is 3.03. The molecule has 2 rings (SSSR count). The van der Waals surface area contributed by atoms with Crippen molar-refractivity contribution in [3.63, 3.8) is 0 Å². The number of hydrogen-bond acceptors (Lipinski definition) is 2. The SMILES string of the molecule is CC(C)NCc1cc(Cl)ccc1OCc1ccc(I)cc1. The van der Waals surface area contributed by atoms with E-state index in [9.17, 15) is 0 Å². The molecule has 0 atom stereocenters. The van der Waals surface area contributed by atoms with Gasteiger partial charge in [-0.05, 0) is 58.5 Å². The lowest BCUT2D eigenvalue weighted by Gasteiger charge is -2.14. The molecule has 2 aromatic carbocycles. The Morgan fingerprint density at radius 3 is 2.52 bits per heavy atom. The quantitative estimate of drug-likeness (QED) is 0.669. The summed E-state index contributed by atoms with van der Waals surface area (Å²) < 4.78 is 7.18. The van der Waals surface area contributed by atoms with Gasteiger partial charge >= 0.3 is 0 Å². The van der Waals surface area contributed by atoms with E-state index in [1.807, 2.05) is 18.2 Å². The molecule has 0 aliphatic heterocycles. The van der Waals surface area contributed by atoms with Gasteiger partial charge in [-0.25, -0.2) is 0 Å². The molecule has 0 spiro atoms. The molecule has 0 fully saturated rings. The molecule has 4 heteroatoms. The Bertz CT molecular complexity index is 584. The highest BCUT2D eigenvalue weighted by atomic mass is 127. The van der Waals surface area contributed by atoms with Crippen molar-refractivity contribution in [3.8, 4) is 5.75 Å². The molecule has 21 heavy (non-hydrogen) atoms. The fourth-order valence-corrected chi connectivity index (χ4v) is 2.44. The van der Waals surface area contributed by atoms with Gasteiger partial charge in [0, 0.05) is 26.7 Å². The molecule has 0 radical (unpaired) electrons. The van der Waals surface area contributed by atoms with Gasteiger partial charge in [-0.2, -0.15) is 0 Å². The van der Waals surface area contributed by atoms with Crippen molar-refractivity contribution >= 4 is 34.2 Å². The van der Waals surface area contributed by atoms with Crippen LogP contribution in [0.3, 0.4) is 0 Å². The van der Waals surface area contributed by atoms with Crippen LogP contribution in [0, 0.1) is 3.57 Å². The summed E-state index contributed by atoms with van der Waals surface area (Å²) in [7, 11) is 0. The van der Waals surface area contributed by atoms with Crippen LogP contribution in [0.5, 0.6) is 5.75 Å². The summed E-state index contributed by atoms with van der Waals surface area (Å²) >= 11 is 8.38. The van der Waals surface area contributed by atoms with E-state index in [-0.39, 0.29) is 0 Å². The third kappa shape index (κ3) is 5.49. The van der Waals surface area contributed by atoms with Gasteiger partial charge in [0.25, 0.3) is 0 Å². The van der Waals surface area contributed by atoms with Crippen LogP contribution in [-0.2, 0) is 13.2 Å². The maximum absolute atomic E-state index is 6.08. The molecule has 2 nitrogen and oxygen atoms in total. The van der Waals surface area contributed by atoms with Gasteiger partial charge in [0.2, 0.25) is 0 Å². The molecule has 0 aliphatic carbocycles. The molecule has 0 saturated heterocycles. The first-order chi connectivity index (χ1) is 10.0. The molecule has 0 unspecified atom stereocenters. The summed E-state index contributed by atoms with van der Waals surface area (Å²) in [4.78, 5) is 0. The molecular formula is C17H19ClINO. The van der Waals surface area contributed by atoms with Crippen molar-refractivity contribution in [3.05, 3.63) is 62.2 Å². The van der Waals surface area contributed by atoms with Crippen LogP contribution in [0.1, 0.15) is 25.0 Å². The molecule has 0 amide bonds. The number of benzene rings is 2. The summed E-state index contributed by atoms with van der Waals surface area (Å²) in [6.07, 6.45) is 0. The molecule has 0 heterocycles. The number of nitrogens with one attached hydrogen (secondary N) is 1. The van der Waals surface area contributed by atoms with Crippen molar-refractivity contribution < 1.29 is 4.74 Å². The highest BCUT2D eigenvalue weighted by Gasteiger charge is 2.06. The minimum absolute atomic E-state index is 0.424. The van der Waals surface area contributed by atoms with Gasteiger partial charge in [0.05, 0.1) is 0 Å². The van der Waals surface area contributed by atoms with E-state index in [1.165, 1.54) is 3.57 Å². The zero-order chi connectivity index (χ0) is 15.2. The predicted octanol–water partition coefficient (Wildman–Crippen LogP) is 5.02. The van der Waals surface area contributed by atoms with Gasteiger partial charge in [0.1, 0.15) is 12.4 Å². The Morgan fingerprint density at radius 1 is 1.14 bits per heavy atom. The van der Waals surface area contributed by atoms with Crippen LogP contribution >= 0.6 is 34.2 Å². The van der Waals surface area contributed by atoms with Crippen molar-refractivity contribution in [1.29, 1.82) is 0 Å². The number of halogens is 2. The second kappa shape index (κ2) is 8.01. The summed E-state index contributed by atoms with van der Waals surface area (Å²) in [5, 5.41) is 4.13.